The van der Waals surface area contributed by atoms with Crippen LogP contribution in [-0.2, 0) is 16.2 Å². The van der Waals surface area contributed by atoms with Crippen LogP contribution in [0, 0.1) is 17.5 Å². The predicted molar refractivity (Wildman–Crippen MR) is 85.2 cm³/mol. The largest absolute Gasteiger partial charge is 0.418 e. The van der Waals surface area contributed by atoms with E-state index in [4.69, 9.17) is 5.14 Å². The summed E-state index contributed by atoms with van der Waals surface area (Å²) >= 11 is 0. The van der Waals surface area contributed by atoms with Gasteiger partial charge in [-0.1, -0.05) is 0 Å². The van der Waals surface area contributed by atoms with Crippen LogP contribution in [0.3, 0.4) is 0 Å². The summed E-state index contributed by atoms with van der Waals surface area (Å²) in [7, 11) is -4.76. The Balaban J connectivity index is 2.45. The van der Waals surface area contributed by atoms with Gasteiger partial charge in [0.2, 0.25) is 10.0 Å². The van der Waals surface area contributed by atoms with E-state index in [0.717, 1.165) is 12.4 Å². The molecule has 2 N–H and O–H groups in total. The highest BCUT2D eigenvalue weighted by atomic mass is 32.2. The number of nitrogens with zero attached hydrogens (tertiary/aromatic N) is 2. The third-order valence-corrected chi connectivity index (χ3v) is 4.67. The predicted octanol–water partition coefficient (Wildman–Crippen LogP) is 3.62. The summed E-state index contributed by atoms with van der Waals surface area (Å²) in [5.74, 6) is -4.48. The maximum atomic E-state index is 14.1. The summed E-state index contributed by atoms with van der Waals surface area (Å²) in [6, 6.07) is 2.74. The number of hydrogen-bond donors (Lipinski definition) is 1. The molecule has 1 heterocycles. The lowest BCUT2D eigenvalue weighted by molar-refractivity contribution is -0.137. The Hall–Kier alpha value is -2.86. The molecule has 0 atom stereocenters. The fourth-order valence-electron chi connectivity index (χ4n) is 2.58. The number of primary sulfonamides is 1. The molecule has 0 aliphatic rings. The van der Waals surface area contributed by atoms with Crippen molar-refractivity contribution >= 4 is 10.0 Å². The monoisotopic (exact) mass is 421 g/mol. The summed E-state index contributed by atoms with van der Waals surface area (Å²) in [5, 5.41) is 8.64. The topological polar surface area (TPSA) is 78.0 Å². The van der Waals surface area contributed by atoms with Crippen molar-refractivity contribution in [3.05, 3.63) is 65.7 Å². The van der Waals surface area contributed by atoms with Crippen molar-refractivity contribution in [2.24, 2.45) is 5.14 Å². The zero-order valence-corrected chi connectivity index (χ0v) is 14.3. The molecule has 2 aromatic carbocycles. The van der Waals surface area contributed by atoms with Crippen molar-refractivity contribution in [1.29, 1.82) is 0 Å². The van der Waals surface area contributed by atoms with Crippen LogP contribution >= 0.6 is 0 Å². The highest BCUT2D eigenvalue weighted by Crippen LogP contribution is 2.40. The number of aromatic nitrogens is 2. The van der Waals surface area contributed by atoms with Crippen LogP contribution in [0.4, 0.5) is 26.3 Å². The minimum atomic E-state index is -5.11. The molecule has 28 heavy (non-hydrogen) atoms. The molecule has 0 spiro atoms. The molecule has 0 bridgehead atoms. The van der Waals surface area contributed by atoms with E-state index in [9.17, 15) is 34.8 Å². The van der Waals surface area contributed by atoms with Crippen LogP contribution in [0.25, 0.3) is 16.8 Å². The van der Waals surface area contributed by atoms with E-state index in [2.05, 4.69) is 5.10 Å². The summed E-state index contributed by atoms with van der Waals surface area (Å²) in [5.41, 5.74) is -3.86. The van der Waals surface area contributed by atoms with Crippen molar-refractivity contribution in [2.45, 2.75) is 11.1 Å². The number of halogens is 6. The van der Waals surface area contributed by atoms with Gasteiger partial charge in [0, 0.05) is 24.0 Å². The Labute approximate surface area is 154 Å². The van der Waals surface area contributed by atoms with E-state index in [0.29, 0.717) is 22.9 Å². The fourth-order valence-corrected chi connectivity index (χ4v) is 3.34. The van der Waals surface area contributed by atoms with Crippen LogP contribution in [-0.4, -0.2) is 18.2 Å². The Kier molecular flexibility index (Phi) is 4.71. The summed E-state index contributed by atoms with van der Waals surface area (Å²) in [6.45, 7) is 0. The Bertz CT molecular complexity index is 1160. The minimum Gasteiger partial charge on any atom is -0.239 e. The number of rotatable bonds is 3. The van der Waals surface area contributed by atoms with Gasteiger partial charge in [-0.15, -0.1) is 0 Å². The maximum Gasteiger partial charge on any atom is 0.418 e. The summed E-state index contributed by atoms with van der Waals surface area (Å²) in [6.07, 6.45) is -2.95. The molecule has 1 aromatic heterocycles. The first-order valence-electron chi connectivity index (χ1n) is 7.32. The molecule has 0 amide bonds. The molecule has 0 saturated carbocycles. The second-order valence-corrected chi connectivity index (χ2v) is 7.14. The van der Waals surface area contributed by atoms with E-state index in [1.807, 2.05) is 0 Å². The van der Waals surface area contributed by atoms with Crippen LogP contribution in [0.2, 0.25) is 0 Å². The molecule has 0 radical (unpaired) electrons. The number of sulfonamides is 1. The zero-order valence-electron chi connectivity index (χ0n) is 13.5. The molecule has 0 aliphatic heterocycles. The van der Waals surface area contributed by atoms with Gasteiger partial charge >= 0.3 is 6.18 Å². The molecule has 3 rings (SSSR count). The van der Waals surface area contributed by atoms with Gasteiger partial charge < -0.3 is 0 Å². The van der Waals surface area contributed by atoms with Crippen molar-refractivity contribution in [2.75, 3.05) is 0 Å². The first-order chi connectivity index (χ1) is 12.9. The molecule has 0 unspecified atom stereocenters. The molecule has 3 aromatic rings. The van der Waals surface area contributed by atoms with Crippen molar-refractivity contribution in [3.63, 3.8) is 0 Å². The van der Waals surface area contributed by atoms with Crippen LogP contribution in [0.15, 0.2) is 47.6 Å². The van der Waals surface area contributed by atoms with Crippen molar-refractivity contribution in [1.82, 2.24) is 9.78 Å². The van der Waals surface area contributed by atoms with Gasteiger partial charge in [-0.3, -0.25) is 0 Å². The smallest absolute Gasteiger partial charge is 0.239 e. The molecule has 5 nitrogen and oxygen atoms in total. The van der Waals surface area contributed by atoms with Gasteiger partial charge in [-0.2, -0.15) is 18.3 Å². The number of hydrogen-bond acceptors (Lipinski definition) is 3. The van der Waals surface area contributed by atoms with Gasteiger partial charge in [0.15, 0.2) is 11.6 Å². The quantitative estimate of drug-likeness (QED) is 0.518. The lowest BCUT2D eigenvalue weighted by atomic mass is 10.0. The number of benzene rings is 2. The van der Waals surface area contributed by atoms with Gasteiger partial charge in [-0.05, 0) is 29.8 Å². The molecular formula is C16H9F6N3O2S. The molecule has 148 valence electrons. The van der Waals surface area contributed by atoms with Crippen LogP contribution < -0.4 is 5.14 Å². The van der Waals surface area contributed by atoms with Gasteiger partial charge in [0.05, 0.1) is 11.3 Å². The molecule has 12 heteroatoms. The van der Waals surface area contributed by atoms with E-state index in [-0.39, 0.29) is 6.07 Å². The molecule has 0 saturated heterocycles. The average Bonchev–Trinajstić information content (AvgIpc) is 3.09. The highest BCUT2D eigenvalue weighted by molar-refractivity contribution is 7.89. The third-order valence-electron chi connectivity index (χ3n) is 3.74. The maximum absolute atomic E-state index is 14.1. The lowest BCUT2D eigenvalue weighted by Crippen LogP contribution is -2.20. The Morgan fingerprint density at radius 1 is 0.964 bits per heavy atom. The van der Waals surface area contributed by atoms with E-state index >= 15 is 0 Å². The summed E-state index contributed by atoms with van der Waals surface area (Å²) < 4.78 is 106. The lowest BCUT2D eigenvalue weighted by Gasteiger charge is -2.18. The average molecular weight is 421 g/mol. The Morgan fingerprint density at radius 2 is 1.61 bits per heavy atom. The molecular weight excluding hydrogens is 412 g/mol. The van der Waals surface area contributed by atoms with Gasteiger partial charge in [0.1, 0.15) is 10.7 Å². The normalized spacial score (nSPS) is 12.4. The first kappa shape index (κ1) is 19.9. The second kappa shape index (κ2) is 6.63. The van der Waals surface area contributed by atoms with Crippen molar-refractivity contribution < 1.29 is 34.8 Å². The van der Waals surface area contributed by atoms with Crippen molar-refractivity contribution in [3.8, 4) is 16.8 Å². The SMILES string of the molecule is NS(=O)(=O)c1cc(-c2cc(F)c(F)cc2F)cc(C(F)(F)F)c1-n1cccn1. The van der Waals surface area contributed by atoms with Crippen LogP contribution in [0.1, 0.15) is 5.56 Å². The minimum absolute atomic E-state index is 0.135. The van der Waals surface area contributed by atoms with E-state index < -0.39 is 60.9 Å². The molecule has 0 fully saturated rings. The fraction of sp³-hybridized carbons (Fsp3) is 0.0625. The summed E-state index contributed by atoms with van der Waals surface area (Å²) in [4.78, 5) is -1.02. The number of alkyl halides is 3. The number of nitrogens with two attached hydrogens (primary N) is 1. The van der Waals surface area contributed by atoms with E-state index in [1.165, 1.54) is 6.07 Å². The Morgan fingerprint density at radius 3 is 2.14 bits per heavy atom. The standard InChI is InChI=1S/C16H9F6N3O2S/c17-11-7-13(19)12(18)6-9(11)8-4-10(16(20,21)22)15(25-3-1-2-24-25)14(5-8)28(23,26)27/h1-7H,(H2,23,26,27). The zero-order chi connectivity index (χ0) is 20.9. The van der Waals surface area contributed by atoms with Crippen LogP contribution in [0.5, 0.6) is 0 Å². The van der Waals surface area contributed by atoms with Gasteiger partial charge in [-0.25, -0.2) is 31.4 Å². The van der Waals surface area contributed by atoms with E-state index in [1.54, 1.807) is 0 Å². The first-order valence-corrected chi connectivity index (χ1v) is 8.87. The van der Waals surface area contributed by atoms with Gasteiger partial charge in [0.25, 0.3) is 0 Å². The molecule has 0 aliphatic carbocycles. The third kappa shape index (κ3) is 3.60. The second-order valence-electron chi connectivity index (χ2n) is 5.61. The highest BCUT2D eigenvalue weighted by Gasteiger charge is 2.38.